The van der Waals surface area contributed by atoms with E-state index in [1.54, 1.807) is 6.92 Å². The molecule has 0 aromatic heterocycles. The van der Waals surface area contributed by atoms with E-state index < -0.39 is 0 Å². The van der Waals surface area contributed by atoms with Crippen molar-refractivity contribution in [3.63, 3.8) is 0 Å². The fraction of sp³-hybridized carbons (Fsp3) is 0.500. The van der Waals surface area contributed by atoms with Gasteiger partial charge in [-0.25, -0.2) is 24.3 Å². The Morgan fingerprint density at radius 1 is 0.850 bits per heavy atom. The Hall–Kier alpha value is -0.561. The molecule has 3 rings (SSSR count). The van der Waals surface area contributed by atoms with Crippen LogP contribution in [0.4, 0.5) is 0 Å². The normalized spacial score (nSPS) is 17.9. The summed E-state index contributed by atoms with van der Waals surface area (Å²) < 4.78 is 0. The van der Waals surface area contributed by atoms with Gasteiger partial charge in [0.05, 0.1) is 0 Å². The third-order valence-electron chi connectivity index (χ3n) is 2.75. The van der Waals surface area contributed by atoms with Crippen molar-refractivity contribution in [2.45, 2.75) is 39.0 Å². The molecule has 0 aromatic carbocycles. The van der Waals surface area contributed by atoms with Crippen LogP contribution in [0.15, 0.2) is 36.5 Å². The van der Waals surface area contributed by atoms with E-state index in [-0.39, 0.29) is 17.1 Å². The van der Waals surface area contributed by atoms with Crippen molar-refractivity contribution in [1.82, 2.24) is 4.90 Å². The Balaban J connectivity index is 0. The van der Waals surface area contributed by atoms with Crippen molar-refractivity contribution in [3.05, 3.63) is 55.5 Å². The van der Waals surface area contributed by atoms with Gasteiger partial charge in [0.15, 0.2) is 0 Å². The molecule has 0 amide bonds. The Labute approximate surface area is 137 Å². The smallest absolute Gasteiger partial charge is 0.346 e. The molecule has 3 aliphatic rings. The number of hydrogen-bond acceptors (Lipinski definition) is 1. The Bertz CT molecular complexity index is 242. The Morgan fingerprint density at radius 2 is 1.30 bits per heavy atom. The minimum atomic E-state index is 0. The standard InChI is InChI=1S/C6H13N.2C5H5.C2H5.Fe/c1-7-5-3-2-4-6-7;2*1-2-4-5-3-1;1-2;/h2-6H2,1H3;2*1-3H,4H2;1H2,2H3;/q;3*-1;+3. The van der Waals surface area contributed by atoms with Gasteiger partial charge in [-0.1, -0.05) is 6.42 Å². The summed E-state index contributed by atoms with van der Waals surface area (Å²) in [6.07, 6.45) is 24.3. The SMILES string of the molecule is CN1CCCCC1.[C-]1=CC=CC1.[C-]1=CC=CC1.[CH2-]C.[Fe+3]. The summed E-state index contributed by atoms with van der Waals surface area (Å²) in [5, 5.41) is 0. The molecule has 0 atom stereocenters. The first-order valence-electron chi connectivity index (χ1n) is 7.22. The van der Waals surface area contributed by atoms with Gasteiger partial charge in [-0.3, -0.25) is 12.2 Å². The van der Waals surface area contributed by atoms with E-state index in [2.05, 4.69) is 43.2 Å². The maximum atomic E-state index is 3.25. The molecular weight excluding hydrogens is 286 g/mol. The third kappa shape index (κ3) is 15.5. The van der Waals surface area contributed by atoms with E-state index >= 15 is 0 Å². The molecule has 1 aliphatic heterocycles. The number of piperidine rings is 1. The van der Waals surface area contributed by atoms with Crippen LogP contribution in [0.25, 0.3) is 0 Å². The minimum Gasteiger partial charge on any atom is -0.346 e. The Morgan fingerprint density at radius 3 is 1.45 bits per heavy atom. The molecule has 0 unspecified atom stereocenters. The van der Waals surface area contributed by atoms with Crippen LogP contribution in [-0.4, -0.2) is 25.0 Å². The molecular formula is C18H28FeN. The topological polar surface area (TPSA) is 3.24 Å². The second-order valence-corrected chi connectivity index (χ2v) is 4.37. The van der Waals surface area contributed by atoms with Gasteiger partial charge in [-0.2, -0.15) is 19.1 Å². The van der Waals surface area contributed by atoms with Gasteiger partial charge in [0, 0.05) is 0 Å². The summed E-state index contributed by atoms with van der Waals surface area (Å²) in [5.41, 5.74) is 0. The average molecular weight is 314 g/mol. The van der Waals surface area contributed by atoms with E-state index in [9.17, 15) is 0 Å². The van der Waals surface area contributed by atoms with Crippen molar-refractivity contribution >= 4 is 0 Å². The molecule has 113 valence electrons. The summed E-state index contributed by atoms with van der Waals surface area (Å²) in [4.78, 5) is 2.39. The van der Waals surface area contributed by atoms with Crippen molar-refractivity contribution in [2.75, 3.05) is 20.1 Å². The number of allylic oxidation sites excluding steroid dienone is 8. The average Bonchev–Trinajstić information content (AvgIpc) is 3.20. The summed E-state index contributed by atoms with van der Waals surface area (Å²) in [7, 11) is 2.19. The van der Waals surface area contributed by atoms with Crippen molar-refractivity contribution in [3.8, 4) is 0 Å². The maximum absolute atomic E-state index is 3.25. The fourth-order valence-electron chi connectivity index (χ4n) is 1.73. The largest absolute Gasteiger partial charge is 3.00 e. The summed E-state index contributed by atoms with van der Waals surface area (Å²) in [6, 6.07) is 0. The molecule has 1 radical (unpaired) electrons. The van der Waals surface area contributed by atoms with Crippen molar-refractivity contribution < 1.29 is 17.1 Å². The molecule has 0 spiro atoms. The first-order valence-corrected chi connectivity index (χ1v) is 7.22. The van der Waals surface area contributed by atoms with Crippen LogP contribution in [0.5, 0.6) is 0 Å². The number of likely N-dealkylation sites (tertiary alicyclic amines) is 1. The maximum Gasteiger partial charge on any atom is 3.00 e. The third-order valence-corrected chi connectivity index (χ3v) is 2.75. The second-order valence-electron chi connectivity index (χ2n) is 4.37. The monoisotopic (exact) mass is 314 g/mol. The first kappa shape index (κ1) is 21.7. The molecule has 0 bridgehead atoms. The van der Waals surface area contributed by atoms with Gasteiger partial charge in [0.25, 0.3) is 0 Å². The summed E-state index contributed by atoms with van der Waals surface area (Å²) >= 11 is 0. The molecule has 2 aliphatic carbocycles. The quantitative estimate of drug-likeness (QED) is 0.468. The molecule has 1 fully saturated rings. The number of hydrogen-bond donors (Lipinski definition) is 0. The van der Waals surface area contributed by atoms with Crippen molar-refractivity contribution in [2.24, 2.45) is 0 Å². The molecule has 1 nitrogen and oxygen atoms in total. The number of rotatable bonds is 0. The molecule has 20 heavy (non-hydrogen) atoms. The van der Waals surface area contributed by atoms with Crippen LogP contribution >= 0.6 is 0 Å². The predicted molar refractivity (Wildman–Crippen MR) is 85.5 cm³/mol. The van der Waals surface area contributed by atoms with Crippen LogP contribution in [0.1, 0.15) is 39.0 Å². The zero-order chi connectivity index (χ0) is 14.2. The van der Waals surface area contributed by atoms with Gasteiger partial charge >= 0.3 is 17.1 Å². The van der Waals surface area contributed by atoms with Crippen LogP contribution < -0.4 is 0 Å². The predicted octanol–water partition coefficient (Wildman–Crippen LogP) is 4.55. The zero-order valence-electron chi connectivity index (χ0n) is 12.9. The zero-order valence-corrected chi connectivity index (χ0v) is 14.0. The van der Waals surface area contributed by atoms with E-state index in [0.29, 0.717) is 0 Å². The van der Waals surface area contributed by atoms with E-state index in [1.165, 1.54) is 32.4 Å². The van der Waals surface area contributed by atoms with Crippen molar-refractivity contribution in [1.29, 1.82) is 0 Å². The van der Waals surface area contributed by atoms with Crippen LogP contribution in [0, 0.1) is 19.1 Å². The van der Waals surface area contributed by atoms with Crippen LogP contribution in [0.2, 0.25) is 0 Å². The van der Waals surface area contributed by atoms with E-state index in [4.69, 9.17) is 0 Å². The summed E-state index contributed by atoms with van der Waals surface area (Å²) in [5.74, 6) is 0. The van der Waals surface area contributed by atoms with Gasteiger partial charge in [-0.15, -0.1) is 12.8 Å². The molecule has 0 N–H and O–H groups in total. The van der Waals surface area contributed by atoms with Gasteiger partial charge < -0.3 is 11.8 Å². The Kier molecular flexibility index (Phi) is 20.0. The number of nitrogens with zero attached hydrogens (tertiary/aromatic N) is 1. The van der Waals surface area contributed by atoms with Gasteiger partial charge in [-0.05, 0) is 33.0 Å². The van der Waals surface area contributed by atoms with Crippen LogP contribution in [0.3, 0.4) is 0 Å². The van der Waals surface area contributed by atoms with Crippen LogP contribution in [-0.2, 0) is 17.1 Å². The molecule has 0 saturated carbocycles. The molecule has 1 saturated heterocycles. The fourth-order valence-corrected chi connectivity index (χ4v) is 1.73. The first-order chi connectivity index (χ1) is 9.39. The van der Waals surface area contributed by atoms with Gasteiger partial charge in [0.2, 0.25) is 0 Å². The minimum absolute atomic E-state index is 0. The molecule has 0 aromatic rings. The van der Waals surface area contributed by atoms with Gasteiger partial charge in [0.1, 0.15) is 0 Å². The second kappa shape index (κ2) is 18.4. The summed E-state index contributed by atoms with van der Waals surface area (Å²) in [6.45, 7) is 7.64. The van der Waals surface area contributed by atoms with E-state index in [0.717, 1.165) is 12.8 Å². The van der Waals surface area contributed by atoms with E-state index in [1.807, 2.05) is 24.3 Å². The molecule has 1 heterocycles. The molecule has 2 heteroatoms.